The summed E-state index contributed by atoms with van der Waals surface area (Å²) >= 11 is 2.59. The molecule has 4 nitrogen and oxygen atoms in total. The van der Waals surface area contributed by atoms with Gasteiger partial charge in [-0.15, -0.1) is 15.7 Å². The first-order valence-corrected chi connectivity index (χ1v) is 9.59. The molecule has 0 saturated heterocycles. The lowest BCUT2D eigenvalue weighted by molar-refractivity contribution is 0.597. The molecule has 0 spiro atoms. The average molecular weight is 338 g/mol. The quantitative estimate of drug-likeness (QED) is 0.735. The van der Waals surface area contributed by atoms with Gasteiger partial charge in [-0.3, -0.25) is 0 Å². The molecule has 0 amide bonds. The lowest BCUT2D eigenvalue weighted by Crippen LogP contribution is -2.15. The molecule has 1 aromatic carbocycles. The van der Waals surface area contributed by atoms with Crippen LogP contribution in [0.3, 0.4) is 0 Å². The van der Waals surface area contributed by atoms with Gasteiger partial charge in [0.05, 0.1) is 10.2 Å². The summed E-state index contributed by atoms with van der Waals surface area (Å²) < 4.78 is 31.9. The molecule has 2 heterocycles. The number of rotatable bonds is 3. The first kappa shape index (κ1) is 14.5. The van der Waals surface area contributed by atoms with Crippen molar-refractivity contribution in [1.29, 1.82) is 0 Å². The molecule has 0 atom stereocenters. The van der Waals surface area contributed by atoms with Crippen LogP contribution >= 0.6 is 22.7 Å². The molecule has 21 heavy (non-hydrogen) atoms. The van der Waals surface area contributed by atoms with Gasteiger partial charge in [0.25, 0.3) is 10.0 Å². The topological polar surface area (TPSA) is 51.4 Å². The van der Waals surface area contributed by atoms with Crippen LogP contribution in [0.15, 0.2) is 44.3 Å². The minimum absolute atomic E-state index is 0.277. The smallest absolute Gasteiger partial charge is 0.294 e. The Hall–Kier alpha value is -1.44. The normalized spacial score (nSPS) is 13.1. The number of hydrogen-bond acceptors (Lipinski definition) is 4. The van der Waals surface area contributed by atoms with Gasteiger partial charge >= 0.3 is 0 Å². The Bertz CT molecular complexity index is 948. The van der Waals surface area contributed by atoms with Gasteiger partial charge in [0.1, 0.15) is 4.21 Å². The number of thiophene rings is 1. The molecule has 0 bridgehead atoms. The maximum atomic E-state index is 12.3. The maximum absolute atomic E-state index is 12.3. The summed E-state index contributed by atoms with van der Waals surface area (Å²) in [5, 5.41) is 1.74. The van der Waals surface area contributed by atoms with E-state index >= 15 is 0 Å². The SMILES string of the molecule is CCn1/c(=N/S(=O)(=O)c2cccs2)sc2cc(C)ccc21. The maximum Gasteiger partial charge on any atom is 0.294 e. The molecule has 0 aliphatic heterocycles. The lowest BCUT2D eigenvalue weighted by Gasteiger charge is -2.00. The van der Waals surface area contributed by atoms with Crippen molar-refractivity contribution in [3.05, 3.63) is 46.1 Å². The molecule has 2 aromatic heterocycles. The molecule has 110 valence electrons. The minimum Gasteiger partial charge on any atom is -0.316 e. The Kier molecular flexibility index (Phi) is 3.73. The van der Waals surface area contributed by atoms with Gasteiger partial charge in [-0.2, -0.15) is 8.42 Å². The largest absolute Gasteiger partial charge is 0.316 e. The Morgan fingerprint density at radius 3 is 2.76 bits per heavy atom. The third kappa shape index (κ3) is 2.68. The van der Waals surface area contributed by atoms with Crippen LogP contribution in [0.4, 0.5) is 0 Å². The highest BCUT2D eigenvalue weighted by Crippen LogP contribution is 2.21. The predicted molar refractivity (Wildman–Crippen MR) is 87.3 cm³/mol. The standard InChI is InChI=1S/C14H14N2O2S3/c1-3-16-11-7-6-10(2)9-12(11)20-14(16)15-21(17,18)13-5-4-8-19-13/h4-9H,3H2,1-2H3/b15-14-. The van der Waals surface area contributed by atoms with Gasteiger partial charge in [-0.1, -0.05) is 23.5 Å². The van der Waals surface area contributed by atoms with Gasteiger partial charge in [-0.25, -0.2) is 0 Å². The average Bonchev–Trinajstić information content (AvgIpc) is 3.04. The van der Waals surface area contributed by atoms with Crippen LogP contribution in [0.1, 0.15) is 12.5 Å². The first-order valence-electron chi connectivity index (χ1n) is 6.46. The molecule has 0 aliphatic carbocycles. The van der Waals surface area contributed by atoms with Crippen molar-refractivity contribution in [2.75, 3.05) is 0 Å². The Balaban J connectivity index is 2.27. The van der Waals surface area contributed by atoms with Crippen molar-refractivity contribution in [2.24, 2.45) is 4.40 Å². The van der Waals surface area contributed by atoms with Gasteiger partial charge in [0.15, 0.2) is 0 Å². The van der Waals surface area contributed by atoms with E-state index in [2.05, 4.69) is 10.5 Å². The monoisotopic (exact) mass is 338 g/mol. The number of hydrogen-bond donors (Lipinski definition) is 0. The second kappa shape index (κ2) is 5.40. The van der Waals surface area contributed by atoms with E-state index in [-0.39, 0.29) is 4.21 Å². The number of sulfonamides is 1. The predicted octanol–water partition coefficient (Wildman–Crippen LogP) is 3.38. The zero-order valence-electron chi connectivity index (χ0n) is 11.6. The third-order valence-corrected chi connectivity index (χ3v) is 6.90. The van der Waals surface area contributed by atoms with E-state index in [1.54, 1.807) is 17.5 Å². The second-order valence-corrected chi connectivity index (χ2v) is 8.39. The molecule has 7 heteroatoms. The van der Waals surface area contributed by atoms with E-state index in [0.29, 0.717) is 11.3 Å². The fourth-order valence-electron chi connectivity index (χ4n) is 2.11. The first-order chi connectivity index (χ1) is 10.0. The fraction of sp³-hybridized carbons (Fsp3) is 0.214. The summed E-state index contributed by atoms with van der Waals surface area (Å²) in [6.45, 7) is 4.69. The number of thiazole rings is 1. The molecule has 0 aliphatic rings. The molecule has 0 radical (unpaired) electrons. The van der Waals surface area contributed by atoms with Crippen LogP contribution in [0, 0.1) is 6.92 Å². The van der Waals surface area contributed by atoms with Crippen LogP contribution in [0.2, 0.25) is 0 Å². The molecule has 0 N–H and O–H groups in total. The molecule has 0 saturated carbocycles. The van der Waals surface area contributed by atoms with Crippen molar-refractivity contribution >= 4 is 42.9 Å². The summed E-state index contributed by atoms with van der Waals surface area (Å²) in [6, 6.07) is 9.40. The van der Waals surface area contributed by atoms with E-state index < -0.39 is 10.0 Å². The number of benzene rings is 1. The highest BCUT2D eigenvalue weighted by atomic mass is 32.2. The van der Waals surface area contributed by atoms with Crippen molar-refractivity contribution in [3.63, 3.8) is 0 Å². The van der Waals surface area contributed by atoms with Crippen LogP contribution in [-0.2, 0) is 16.6 Å². The lowest BCUT2D eigenvalue weighted by atomic mass is 10.2. The van der Waals surface area contributed by atoms with Crippen molar-refractivity contribution in [3.8, 4) is 0 Å². The molecule has 0 unspecified atom stereocenters. The van der Waals surface area contributed by atoms with Crippen LogP contribution in [0.25, 0.3) is 10.2 Å². The zero-order chi connectivity index (χ0) is 15.0. The fourth-order valence-corrected chi connectivity index (χ4v) is 5.48. The number of aryl methyl sites for hydroxylation is 2. The van der Waals surface area contributed by atoms with Crippen molar-refractivity contribution in [2.45, 2.75) is 24.6 Å². The summed E-state index contributed by atoms with van der Waals surface area (Å²) in [6.07, 6.45) is 0. The van der Waals surface area contributed by atoms with Gasteiger partial charge < -0.3 is 4.57 Å². The Morgan fingerprint density at radius 2 is 2.10 bits per heavy atom. The molecule has 3 aromatic rings. The van der Waals surface area contributed by atoms with Gasteiger partial charge in [0.2, 0.25) is 4.80 Å². The van der Waals surface area contributed by atoms with Crippen molar-refractivity contribution in [1.82, 2.24) is 4.57 Å². The Morgan fingerprint density at radius 1 is 1.29 bits per heavy atom. The van der Waals surface area contributed by atoms with Gasteiger partial charge in [0, 0.05) is 6.54 Å². The van der Waals surface area contributed by atoms with E-state index in [4.69, 9.17) is 0 Å². The Labute approximate surface area is 131 Å². The van der Waals surface area contributed by atoms with Gasteiger partial charge in [-0.05, 0) is 43.0 Å². The van der Waals surface area contributed by atoms with Crippen molar-refractivity contribution < 1.29 is 8.42 Å². The van der Waals surface area contributed by atoms with Crippen LogP contribution in [-0.4, -0.2) is 13.0 Å². The minimum atomic E-state index is -3.63. The third-order valence-electron chi connectivity index (χ3n) is 3.10. The summed E-state index contributed by atoms with van der Waals surface area (Å²) in [7, 11) is -3.63. The van der Waals surface area contributed by atoms with E-state index in [1.807, 2.05) is 30.5 Å². The van der Waals surface area contributed by atoms with E-state index in [9.17, 15) is 8.42 Å². The summed E-state index contributed by atoms with van der Waals surface area (Å²) in [5.41, 5.74) is 2.17. The molecule has 0 fully saturated rings. The summed E-state index contributed by atoms with van der Waals surface area (Å²) in [5.74, 6) is 0. The molecular formula is C14H14N2O2S3. The zero-order valence-corrected chi connectivity index (χ0v) is 14.1. The highest BCUT2D eigenvalue weighted by Gasteiger charge is 2.15. The van der Waals surface area contributed by atoms with E-state index in [0.717, 1.165) is 15.8 Å². The molecular weight excluding hydrogens is 324 g/mol. The number of nitrogens with zero attached hydrogens (tertiary/aromatic N) is 2. The van der Waals surface area contributed by atoms with Crippen LogP contribution in [0.5, 0.6) is 0 Å². The number of aromatic nitrogens is 1. The van der Waals surface area contributed by atoms with E-state index in [1.165, 1.54) is 22.7 Å². The molecule has 3 rings (SSSR count). The summed E-state index contributed by atoms with van der Waals surface area (Å²) in [4.78, 5) is 0.520. The number of fused-ring (bicyclic) bond motifs is 1. The highest BCUT2D eigenvalue weighted by molar-refractivity contribution is 7.92. The second-order valence-electron chi connectivity index (χ2n) is 4.60. The van der Waals surface area contributed by atoms with Crippen LogP contribution < -0.4 is 4.80 Å².